The van der Waals surface area contributed by atoms with E-state index in [1.807, 2.05) is 64.2 Å². The van der Waals surface area contributed by atoms with Gasteiger partial charge in [-0.1, -0.05) is 30.3 Å². The lowest BCUT2D eigenvalue weighted by atomic mass is 9.96. The Morgan fingerprint density at radius 2 is 1.81 bits per heavy atom. The van der Waals surface area contributed by atoms with E-state index in [0.717, 1.165) is 58.6 Å². The topological polar surface area (TPSA) is 60.7 Å². The monoisotopic (exact) mass is 419 g/mol. The van der Waals surface area contributed by atoms with Gasteiger partial charge in [-0.05, 0) is 49.9 Å². The predicted molar refractivity (Wildman–Crippen MR) is 121 cm³/mol. The van der Waals surface area contributed by atoms with E-state index in [1.165, 1.54) is 0 Å². The van der Waals surface area contributed by atoms with Gasteiger partial charge >= 0.3 is 0 Å². The first-order valence-corrected chi connectivity index (χ1v) is 10.7. The summed E-state index contributed by atoms with van der Waals surface area (Å²) >= 11 is 0. The van der Waals surface area contributed by atoms with Crippen molar-refractivity contribution in [3.8, 4) is 17.2 Å². The molecule has 5 heteroatoms. The first-order valence-electron chi connectivity index (χ1n) is 10.7. The third-order valence-corrected chi connectivity index (χ3v) is 6.36. The third kappa shape index (κ3) is 4.05. The Hall–Kier alpha value is -3.21. The lowest BCUT2D eigenvalue weighted by Crippen LogP contribution is -2.19. The van der Waals surface area contributed by atoms with Gasteiger partial charge in [-0.25, -0.2) is 0 Å². The van der Waals surface area contributed by atoms with Crippen LogP contribution in [0.3, 0.4) is 0 Å². The van der Waals surface area contributed by atoms with Crippen molar-refractivity contribution in [2.75, 3.05) is 0 Å². The number of nitrogens with zero attached hydrogens (tertiary/aromatic N) is 1. The molecule has 31 heavy (non-hydrogen) atoms. The lowest BCUT2D eigenvalue weighted by Gasteiger charge is -2.17. The fourth-order valence-electron chi connectivity index (χ4n) is 4.26. The summed E-state index contributed by atoms with van der Waals surface area (Å²) in [5.74, 6) is 1.69. The van der Waals surface area contributed by atoms with Crippen molar-refractivity contribution in [3.63, 3.8) is 0 Å². The molecule has 3 aromatic rings. The fourth-order valence-corrected chi connectivity index (χ4v) is 4.26. The van der Waals surface area contributed by atoms with E-state index in [9.17, 15) is 9.90 Å². The number of aromatic nitrogens is 1. The van der Waals surface area contributed by atoms with Crippen LogP contribution in [0.1, 0.15) is 39.9 Å². The van der Waals surface area contributed by atoms with E-state index >= 15 is 0 Å². The molecule has 0 fully saturated rings. The van der Waals surface area contributed by atoms with Crippen LogP contribution >= 0.6 is 0 Å². The zero-order valence-corrected chi connectivity index (χ0v) is 18.6. The van der Waals surface area contributed by atoms with Gasteiger partial charge in [-0.2, -0.15) is 0 Å². The first-order chi connectivity index (χ1) is 14.9. The maximum atomic E-state index is 12.4. The molecule has 1 unspecified atom stereocenters. The highest BCUT2D eigenvalue weighted by atomic mass is 16.5. The maximum Gasteiger partial charge on any atom is 0.223 e. The van der Waals surface area contributed by atoms with Crippen molar-refractivity contribution < 1.29 is 14.6 Å². The predicted octanol–water partition coefficient (Wildman–Crippen LogP) is 4.76. The molecule has 0 bridgehead atoms. The van der Waals surface area contributed by atoms with Crippen LogP contribution in [0.4, 0.5) is 0 Å². The molecule has 0 spiro atoms. The van der Waals surface area contributed by atoms with Gasteiger partial charge in [0, 0.05) is 37.2 Å². The molecule has 2 heterocycles. The summed E-state index contributed by atoms with van der Waals surface area (Å²) in [6.07, 6.45) is 3.45. The van der Waals surface area contributed by atoms with E-state index in [4.69, 9.17) is 9.47 Å². The van der Waals surface area contributed by atoms with Crippen molar-refractivity contribution in [1.29, 1.82) is 0 Å². The number of rotatable bonds is 6. The average molecular weight is 420 g/mol. The normalized spacial score (nSPS) is 14.9. The molecule has 2 aromatic carbocycles. The highest BCUT2D eigenvalue weighted by molar-refractivity contribution is 5.59. The molecule has 1 N–H and O–H groups in total. The Morgan fingerprint density at radius 3 is 2.55 bits per heavy atom. The average Bonchev–Trinajstić information content (AvgIpc) is 3.21. The second kappa shape index (κ2) is 8.50. The molecule has 0 aliphatic carbocycles. The van der Waals surface area contributed by atoms with Crippen LogP contribution in [0.25, 0.3) is 0 Å². The summed E-state index contributed by atoms with van der Waals surface area (Å²) in [7, 11) is 0. The maximum absolute atomic E-state index is 12.4. The molecule has 5 nitrogen and oxygen atoms in total. The Labute approximate surface area is 182 Å². The van der Waals surface area contributed by atoms with Gasteiger partial charge in [0.05, 0.1) is 5.69 Å². The minimum Gasteiger partial charge on any atom is -0.507 e. The minimum absolute atomic E-state index is 0.0427. The molecule has 162 valence electrons. The molecule has 1 atom stereocenters. The van der Waals surface area contributed by atoms with Crippen LogP contribution in [0, 0.1) is 27.7 Å². The van der Waals surface area contributed by atoms with Gasteiger partial charge in [0.2, 0.25) is 5.43 Å². The number of benzene rings is 2. The minimum atomic E-state index is -0.105. The molecular weight excluding hydrogens is 390 g/mol. The summed E-state index contributed by atoms with van der Waals surface area (Å²) in [6.45, 7) is 8.88. The number of fused-ring (bicyclic) bond motifs is 1. The van der Waals surface area contributed by atoms with Crippen LogP contribution in [0.15, 0.2) is 47.4 Å². The first kappa shape index (κ1) is 21.0. The van der Waals surface area contributed by atoms with Crippen LogP contribution < -0.4 is 14.9 Å². The number of ether oxygens (including phenoxy) is 2. The number of phenolic OH excluding ortho intramolecular Hbond substituents is 1. The van der Waals surface area contributed by atoms with Crippen molar-refractivity contribution in [3.05, 3.63) is 86.3 Å². The zero-order valence-electron chi connectivity index (χ0n) is 18.6. The van der Waals surface area contributed by atoms with Crippen molar-refractivity contribution in [1.82, 2.24) is 4.57 Å². The van der Waals surface area contributed by atoms with Crippen LogP contribution in [0.2, 0.25) is 0 Å². The molecule has 0 saturated carbocycles. The molecule has 4 rings (SSSR count). The number of phenols is 1. The van der Waals surface area contributed by atoms with Crippen LogP contribution in [0.5, 0.6) is 17.2 Å². The Balaban J connectivity index is 1.46. The quantitative estimate of drug-likeness (QED) is 0.626. The smallest absolute Gasteiger partial charge is 0.223 e. The van der Waals surface area contributed by atoms with Crippen molar-refractivity contribution in [2.24, 2.45) is 0 Å². The van der Waals surface area contributed by atoms with E-state index in [1.54, 1.807) is 6.07 Å². The Kier molecular flexibility index (Phi) is 5.77. The van der Waals surface area contributed by atoms with Gasteiger partial charge in [0.15, 0.2) is 5.75 Å². The third-order valence-electron chi connectivity index (χ3n) is 6.36. The molecule has 1 aliphatic rings. The van der Waals surface area contributed by atoms with Gasteiger partial charge in [-0.3, -0.25) is 4.79 Å². The van der Waals surface area contributed by atoms with E-state index < -0.39 is 0 Å². The van der Waals surface area contributed by atoms with Crippen molar-refractivity contribution >= 4 is 0 Å². The summed E-state index contributed by atoms with van der Waals surface area (Å²) in [4.78, 5) is 12.4. The van der Waals surface area contributed by atoms with Gasteiger partial charge in [-0.15, -0.1) is 0 Å². The SMILES string of the molecule is Cc1c(C)c2c(c(C)c1O)CC(CCn1ccc(=O)c(OCc3ccccc3)c1C)O2. The highest BCUT2D eigenvalue weighted by Gasteiger charge is 2.29. The zero-order chi connectivity index (χ0) is 22.1. The summed E-state index contributed by atoms with van der Waals surface area (Å²) in [5.41, 5.74) is 5.65. The number of hydrogen-bond donors (Lipinski definition) is 1. The van der Waals surface area contributed by atoms with Crippen LogP contribution in [-0.4, -0.2) is 15.8 Å². The molecule has 0 amide bonds. The number of hydrogen-bond acceptors (Lipinski definition) is 4. The second-order valence-corrected chi connectivity index (χ2v) is 8.33. The van der Waals surface area contributed by atoms with E-state index in [0.29, 0.717) is 18.1 Å². The van der Waals surface area contributed by atoms with Crippen LogP contribution in [-0.2, 0) is 19.6 Å². The number of aryl methyl sites for hydroxylation is 1. The standard InChI is InChI=1S/C26H29NO4/c1-16-17(2)25-22(18(3)24(16)29)14-21(31-25)10-12-27-13-11-23(28)26(19(27)4)30-15-20-8-6-5-7-9-20/h5-9,11,13,21,29H,10,12,14-15H2,1-4H3. The van der Waals surface area contributed by atoms with E-state index in [2.05, 4.69) is 4.57 Å². The number of pyridine rings is 1. The van der Waals surface area contributed by atoms with Crippen molar-refractivity contribution in [2.45, 2.75) is 59.8 Å². The summed E-state index contributed by atoms with van der Waals surface area (Å²) in [6, 6.07) is 11.4. The lowest BCUT2D eigenvalue weighted by molar-refractivity contribution is 0.211. The molecule has 1 aromatic heterocycles. The second-order valence-electron chi connectivity index (χ2n) is 8.33. The van der Waals surface area contributed by atoms with Gasteiger partial charge in [0.25, 0.3) is 0 Å². The highest BCUT2D eigenvalue weighted by Crippen LogP contribution is 2.42. The van der Waals surface area contributed by atoms with Gasteiger partial charge in [0.1, 0.15) is 24.2 Å². The van der Waals surface area contributed by atoms with E-state index in [-0.39, 0.29) is 11.5 Å². The molecular formula is C26H29NO4. The number of aromatic hydroxyl groups is 1. The summed E-state index contributed by atoms with van der Waals surface area (Å²) in [5, 5.41) is 10.4. The molecule has 1 aliphatic heterocycles. The fraction of sp³-hybridized carbons (Fsp3) is 0.346. The molecule has 0 saturated heterocycles. The van der Waals surface area contributed by atoms with Gasteiger partial charge < -0.3 is 19.1 Å². The Morgan fingerprint density at radius 1 is 1.06 bits per heavy atom. The summed E-state index contributed by atoms with van der Waals surface area (Å²) < 4.78 is 14.2. The largest absolute Gasteiger partial charge is 0.507 e. The Bertz CT molecular complexity index is 1130. The molecule has 0 radical (unpaired) electrons.